The molecule has 20 heavy (non-hydrogen) atoms. The Kier molecular flexibility index (Phi) is 5.17. The van der Waals surface area contributed by atoms with Crippen molar-refractivity contribution in [2.24, 2.45) is 0 Å². The highest BCUT2D eigenvalue weighted by Crippen LogP contribution is 2.20. The van der Waals surface area contributed by atoms with Crippen LogP contribution in [-0.4, -0.2) is 30.4 Å². The maximum absolute atomic E-state index is 11.6. The number of nitrogens with zero attached hydrogens (tertiary/aromatic N) is 2. The first-order valence-corrected chi connectivity index (χ1v) is 8.85. The maximum Gasteiger partial charge on any atom is 0.233 e. The lowest BCUT2D eigenvalue weighted by Crippen LogP contribution is -2.23. The van der Waals surface area contributed by atoms with E-state index in [9.17, 15) is 8.42 Å². The first-order chi connectivity index (χ1) is 9.59. The Morgan fingerprint density at radius 2 is 1.80 bits per heavy atom. The van der Waals surface area contributed by atoms with Gasteiger partial charge < -0.3 is 5.32 Å². The summed E-state index contributed by atoms with van der Waals surface area (Å²) in [4.78, 5) is 0. The van der Waals surface area contributed by atoms with Crippen LogP contribution in [0.25, 0.3) is 0 Å². The fourth-order valence-corrected chi connectivity index (χ4v) is 3.47. The minimum Gasteiger partial charge on any atom is -0.366 e. The molecule has 1 aromatic heterocycles. The summed E-state index contributed by atoms with van der Waals surface area (Å²) >= 11 is 0. The summed E-state index contributed by atoms with van der Waals surface area (Å²) in [5, 5.41) is 11.3. The Morgan fingerprint density at radius 3 is 2.40 bits per heavy atom. The summed E-state index contributed by atoms with van der Waals surface area (Å²) in [6, 6.07) is 3.87. The van der Waals surface area contributed by atoms with Gasteiger partial charge >= 0.3 is 0 Å². The fraction of sp³-hybridized carbons (Fsp3) is 0.692. The molecule has 6 nitrogen and oxygen atoms in total. The van der Waals surface area contributed by atoms with Gasteiger partial charge in [-0.1, -0.05) is 26.2 Å². The zero-order chi connectivity index (χ0) is 14.4. The van der Waals surface area contributed by atoms with Crippen LogP contribution >= 0.6 is 0 Å². The predicted molar refractivity (Wildman–Crippen MR) is 80.2 cm³/mol. The monoisotopic (exact) mass is 298 g/mol. The van der Waals surface area contributed by atoms with Crippen molar-refractivity contribution >= 4 is 21.7 Å². The molecule has 0 spiro atoms. The maximum atomic E-state index is 11.6. The lowest BCUT2D eigenvalue weighted by atomic mass is 9.95. The second kappa shape index (κ2) is 6.88. The van der Waals surface area contributed by atoms with Crippen LogP contribution in [0.3, 0.4) is 0 Å². The van der Waals surface area contributed by atoms with Gasteiger partial charge in [-0.2, -0.15) is 0 Å². The van der Waals surface area contributed by atoms with E-state index in [1.165, 1.54) is 19.3 Å². The highest BCUT2D eigenvalue weighted by Gasteiger charge is 2.14. The molecule has 1 aliphatic carbocycles. The van der Waals surface area contributed by atoms with Crippen molar-refractivity contribution < 1.29 is 8.42 Å². The van der Waals surface area contributed by atoms with E-state index < -0.39 is 10.0 Å². The van der Waals surface area contributed by atoms with Crippen molar-refractivity contribution in [2.75, 3.05) is 15.8 Å². The molecule has 7 heteroatoms. The van der Waals surface area contributed by atoms with Crippen molar-refractivity contribution in [2.45, 2.75) is 51.5 Å². The molecule has 1 aromatic rings. The molecular weight excluding hydrogens is 276 g/mol. The number of nitrogens with one attached hydrogen (secondary N) is 2. The third-order valence-electron chi connectivity index (χ3n) is 3.35. The Hall–Kier alpha value is -1.37. The predicted octanol–water partition coefficient (Wildman–Crippen LogP) is 2.37. The molecule has 112 valence electrons. The summed E-state index contributed by atoms with van der Waals surface area (Å²) in [5.74, 6) is 1.07. The molecule has 1 aliphatic rings. The summed E-state index contributed by atoms with van der Waals surface area (Å²) in [5.41, 5.74) is 0. The summed E-state index contributed by atoms with van der Waals surface area (Å²) in [7, 11) is -3.30. The normalized spacial score (nSPS) is 16.9. The van der Waals surface area contributed by atoms with E-state index in [1.807, 2.05) is 6.92 Å². The van der Waals surface area contributed by atoms with Gasteiger partial charge in [-0.3, -0.25) is 4.72 Å². The van der Waals surface area contributed by atoms with Crippen LogP contribution in [0.15, 0.2) is 12.1 Å². The first-order valence-electron chi connectivity index (χ1n) is 7.20. The van der Waals surface area contributed by atoms with Crippen molar-refractivity contribution in [3.05, 3.63) is 12.1 Å². The number of rotatable bonds is 6. The topological polar surface area (TPSA) is 84.0 Å². The van der Waals surface area contributed by atoms with Crippen LogP contribution in [0.1, 0.15) is 45.4 Å². The lowest BCUT2D eigenvalue weighted by molar-refractivity contribution is 0.461. The second-order valence-corrected chi connectivity index (χ2v) is 7.05. The summed E-state index contributed by atoms with van der Waals surface area (Å²) in [6.45, 7) is 1.82. The Balaban J connectivity index is 1.92. The molecule has 1 saturated carbocycles. The molecule has 0 aliphatic heterocycles. The lowest BCUT2D eigenvalue weighted by Gasteiger charge is -2.22. The molecular formula is C13H22N4O2S. The van der Waals surface area contributed by atoms with Gasteiger partial charge in [0.15, 0.2) is 5.82 Å². The number of hydrogen-bond donors (Lipinski definition) is 2. The average molecular weight is 298 g/mol. The Bertz CT molecular complexity index is 510. The largest absolute Gasteiger partial charge is 0.366 e. The standard InChI is InChI=1S/C13H22N4O2S/c1-2-10-20(18,19)17-13-9-8-12(15-16-13)14-11-6-4-3-5-7-11/h8-9,11H,2-7,10H2,1H3,(H,14,15)(H,16,17). The van der Waals surface area contributed by atoms with Gasteiger partial charge in [0.2, 0.25) is 10.0 Å². The summed E-state index contributed by atoms with van der Waals surface area (Å²) < 4.78 is 25.6. The van der Waals surface area contributed by atoms with Crippen LogP contribution in [0.2, 0.25) is 0 Å². The van der Waals surface area contributed by atoms with E-state index in [1.54, 1.807) is 12.1 Å². The summed E-state index contributed by atoms with van der Waals surface area (Å²) in [6.07, 6.45) is 6.70. The smallest absolute Gasteiger partial charge is 0.233 e. The first kappa shape index (κ1) is 15.0. The molecule has 0 saturated heterocycles. The van der Waals surface area contributed by atoms with Gasteiger partial charge in [-0.05, 0) is 31.4 Å². The number of sulfonamides is 1. The third kappa shape index (κ3) is 4.63. The zero-order valence-corrected chi connectivity index (χ0v) is 12.6. The van der Waals surface area contributed by atoms with Crippen LogP contribution in [0.5, 0.6) is 0 Å². The van der Waals surface area contributed by atoms with Crippen molar-refractivity contribution in [3.8, 4) is 0 Å². The SMILES string of the molecule is CCCS(=O)(=O)Nc1ccc(NC2CCCCC2)nn1. The zero-order valence-electron chi connectivity index (χ0n) is 11.8. The average Bonchev–Trinajstić information content (AvgIpc) is 2.42. The van der Waals surface area contributed by atoms with E-state index >= 15 is 0 Å². The molecule has 2 N–H and O–H groups in total. The molecule has 0 bridgehead atoms. The molecule has 1 fully saturated rings. The van der Waals surface area contributed by atoms with E-state index in [-0.39, 0.29) is 11.6 Å². The van der Waals surface area contributed by atoms with Crippen LogP contribution in [0.4, 0.5) is 11.6 Å². The van der Waals surface area contributed by atoms with Crippen molar-refractivity contribution in [3.63, 3.8) is 0 Å². The molecule has 0 amide bonds. The molecule has 0 aromatic carbocycles. The molecule has 2 rings (SSSR count). The molecule has 0 atom stereocenters. The van der Waals surface area contributed by atoms with Gasteiger partial charge in [0.1, 0.15) is 5.82 Å². The molecule has 1 heterocycles. The van der Waals surface area contributed by atoms with Gasteiger partial charge in [0.25, 0.3) is 0 Å². The fourth-order valence-electron chi connectivity index (χ4n) is 2.40. The highest BCUT2D eigenvalue weighted by atomic mass is 32.2. The van der Waals surface area contributed by atoms with Crippen LogP contribution in [-0.2, 0) is 10.0 Å². The Morgan fingerprint density at radius 1 is 1.15 bits per heavy atom. The minimum absolute atomic E-state index is 0.0940. The quantitative estimate of drug-likeness (QED) is 0.842. The number of anilines is 2. The molecule has 0 unspecified atom stereocenters. The molecule has 0 radical (unpaired) electrons. The second-order valence-electron chi connectivity index (χ2n) is 5.20. The van der Waals surface area contributed by atoms with E-state index in [0.29, 0.717) is 18.3 Å². The highest BCUT2D eigenvalue weighted by molar-refractivity contribution is 7.92. The van der Waals surface area contributed by atoms with Crippen LogP contribution in [0, 0.1) is 0 Å². The number of hydrogen-bond acceptors (Lipinski definition) is 5. The van der Waals surface area contributed by atoms with Crippen molar-refractivity contribution in [1.82, 2.24) is 10.2 Å². The Labute approximate surface area is 120 Å². The van der Waals surface area contributed by atoms with Crippen LogP contribution < -0.4 is 10.0 Å². The minimum atomic E-state index is -3.30. The van der Waals surface area contributed by atoms with Crippen molar-refractivity contribution in [1.29, 1.82) is 0 Å². The van der Waals surface area contributed by atoms with Gasteiger partial charge in [0, 0.05) is 6.04 Å². The van der Waals surface area contributed by atoms with E-state index in [2.05, 4.69) is 20.2 Å². The van der Waals surface area contributed by atoms with Gasteiger partial charge in [0.05, 0.1) is 5.75 Å². The van der Waals surface area contributed by atoms with Gasteiger partial charge in [-0.25, -0.2) is 8.42 Å². The van der Waals surface area contributed by atoms with Gasteiger partial charge in [-0.15, -0.1) is 10.2 Å². The van der Waals surface area contributed by atoms with E-state index in [4.69, 9.17) is 0 Å². The third-order valence-corrected chi connectivity index (χ3v) is 4.82. The van der Waals surface area contributed by atoms with E-state index in [0.717, 1.165) is 12.8 Å². The number of aromatic nitrogens is 2.